The highest BCUT2D eigenvalue weighted by Gasteiger charge is 2.22. The monoisotopic (exact) mass is 361 g/mol. The predicted octanol–water partition coefficient (Wildman–Crippen LogP) is 1.57. The SMILES string of the molecule is CC(=O)N1CCO[C@@H](CNC(=O)Nc2snnc2-c2ccccc2)C1. The molecule has 1 saturated heterocycles. The van der Waals surface area contributed by atoms with Crippen molar-refractivity contribution in [2.24, 2.45) is 0 Å². The second-order valence-corrected chi connectivity index (χ2v) is 6.36. The number of carbonyl (C=O) groups excluding carboxylic acids is 2. The Bertz CT molecular complexity index is 736. The van der Waals surface area contributed by atoms with Gasteiger partial charge in [0.25, 0.3) is 0 Å². The lowest BCUT2D eigenvalue weighted by Gasteiger charge is -2.32. The highest BCUT2D eigenvalue weighted by atomic mass is 32.1. The normalized spacial score (nSPS) is 17.2. The summed E-state index contributed by atoms with van der Waals surface area (Å²) >= 11 is 1.12. The molecule has 3 rings (SSSR count). The summed E-state index contributed by atoms with van der Waals surface area (Å²) in [5, 5.41) is 10.2. The molecule has 3 amide bonds. The van der Waals surface area contributed by atoms with Crippen LogP contribution in [0.4, 0.5) is 9.80 Å². The number of urea groups is 1. The van der Waals surface area contributed by atoms with Gasteiger partial charge < -0.3 is 15.0 Å². The summed E-state index contributed by atoms with van der Waals surface area (Å²) < 4.78 is 9.49. The number of hydrogen-bond donors (Lipinski definition) is 2. The molecular weight excluding hydrogens is 342 g/mol. The van der Waals surface area contributed by atoms with Crippen LogP contribution in [0.15, 0.2) is 30.3 Å². The number of aromatic nitrogens is 2. The Labute approximate surface area is 149 Å². The third-order valence-electron chi connectivity index (χ3n) is 3.84. The van der Waals surface area contributed by atoms with Crippen LogP contribution in [0.25, 0.3) is 11.3 Å². The fourth-order valence-corrected chi connectivity index (χ4v) is 3.13. The Hall–Kier alpha value is -2.52. The van der Waals surface area contributed by atoms with Gasteiger partial charge in [-0.3, -0.25) is 10.1 Å². The van der Waals surface area contributed by atoms with Crippen LogP contribution in [0.1, 0.15) is 6.92 Å². The maximum Gasteiger partial charge on any atom is 0.320 e. The molecule has 0 spiro atoms. The lowest BCUT2D eigenvalue weighted by atomic mass is 10.2. The maximum absolute atomic E-state index is 12.1. The van der Waals surface area contributed by atoms with Gasteiger partial charge in [-0.15, -0.1) is 5.10 Å². The molecule has 1 aromatic heterocycles. The van der Waals surface area contributed by atoms with E-state index in [2.05, 4.69) is 20.2 Å². The highest BCUT2D eigenvalue weighted by molar-refractivity contribution is 7.10. The number of nitrogens with one attached hydrogen (secondary N) is 2. The molecule has 132 valence electrons. The van der Waals surface area contributed by atoms with Crippen LogP contribution in [-0.2, 0) is 9.53 Å². The van der Waals surface area contributed by atoms with Crippen molar-refractivity contribution in [2.45, 2.75) is 13.0 Å². The molecule has 9 heteroatoms. The van der Waals surface area contributed by atoms with Gasteiger partial charge in [0, 0.05) is 43.7 Å². The van der Waals surface area contributed by atoms with Crippen LogP contribution in [0, 0.1) is 0 Å². The summed E-state index contributed by atoms with van der Waals surface area (Å²) in [5.41, 5.74) is 1.52. The first-order chi connectivity index (χ1) is 12.1. The van der Waals surface area contributed by atoms with Crippen molar-refractivity contribution in [3.63, 3.8) is 0 Å². The van der Waals surface area contributed by atoms with E-state index in [4.69, 9.17) is 4.74 Å². The fourth-order valence-electron chi connectivity index (χ4n) is 2.54. The molecular formula is C16H19N5O3S. The number of rotatable bonds is 4. The number of ether oxygens (including phenoxy) is 1. The summed E-state index contributed by atoms with van der Waals surface area (Å²) in [7, 11) is 0. The average molecular weight is 361 g/mol. The number of benzene rings is 1. The van der Waals surface area contributed by atoms with Crippen LogP contribution >= 0.6 is 11.5 Å². The van der Waals surface area contributed by atoms with E-state index in [0.717, 1.165) is 17.1 Å². The van der Waals surface area contributed by atoms with Gasteiger partial charge in [-0.05, 0) is 0 Å². The van der Waals surface area contributed by atoms with Crippen molar-refractivity contribution < 1.29 is 14.3 Å². The number of hydrogen-bond acceptors (Lipinski definition) is 6. The van der Waals surface area contributed by atoms with E-state index >= 15 is 0 Å². The third-order valence-corrected chi connectivity index (χ3v) is 4.48. The third kappa shape index (κ3) is 4.52. The van der Waals surface area contributed by atoms with Crippen LogP contribution in [-0.4, -0.2) is 58.8 Å². The second-order valence-electron chi connectivity index (χ2n) is 5.61. The summed E-state index contributed by atoms with van der Waals surface area (Å²) in [5.74, 6) is 0.0148. The van der Waals surface area contributed by atoms with Crippen LogP contribution in [0.5, 0.6) is 0 Å². The van der Waals surface area contributed by atoms with E-state index < -0.39 is 0 Å². The van der Waals surface area contributed by atoms with Crippen molar-refractivity contribution in [1.29, 1.82) is 0 Å². The fraction of sp³-hybridized carbons (Fsp3) is 0.375. The van der Waals surface area contributed by atoms with Gasteiger partial charge in [0.05, 0.1) is 12.7 Å². The topological polar surface area (TPSA) is 96.5 Å². The van der Waals surface area contributed by atoms with Crippen LogP contribution in [0.3, 0.4) is 0 Å². The molecule has 8 nitrogen and oxygen atoms in total. The molecule has 0 unspecified atom stereocenters. The number of carbonyl (C=O) groups is 2. The summed E-state index contributed by atoms with van der Waals surface area (Å²) in [6.07, 6.45) is -0.212. The molecule has 0 radical (unpaired) electrons. The standard InChI is InChI=1S/C16H19N5O3S/c1-11(22)21-7-8-24-13(10-21)9-17-16(23)18-15-14(19-20-25-15)12-5-3-2-4-6-12/h2-6,13H,7-10H2,1H3,(H2,17,18,23)/t13-/m0/s1. The van der Waals surface area contributed by atoms with Crippen molar-refractivity contribution in [3.05, 3.63) is 30.3 Å². The predicted molar refractivity (Wildman–Crippen MR) is 94.4 cm³/mol. The van der Waals surface area contributed by atoms with Gasteiger partial charge in [-0.1, -0.05) is 34.8 Å². The van der Waals surface area contributed by atoms with Crippen LogP contribution < -0.4 is 10.6 Å². The zero-order valence-electron chi connectivity index (χ0n) is 13.8. The quantitative estimate of drug-likeness (QED) is 0.862. The molecule has 1 aliphatic heterocycles. The zero-order chi connectivity index (χ0) is 17.6. The molecule has 0 aliphatic carbocycles. The number of anilines is 1. The van der Waals surface area contributed by atoms with Crippen LogP contribution in [0.2, 0.25) is 0 Å². The smallest absolute Gasteiger partial charge is 0.320 e. The average Bonchev–Trinajstić information content (AvgIpc) is 3.09. The number of morpholine rings is 1. The minimum Gasteiger partial charge on any atom is -0.373 e. The van der Waals surface area contributed by atoms with Crippen molar-refractivity contribution in [3.8, 4) is 11.3 Å². The lowest BCUT2D eigenvalue weighted by Crippen LogP contribution is -2.49. The Morgan fingerprint density at radius 3 is 2.92 bits per heavy atom. The minimum absolute atomic E-state index is 0.0148. The van der Waals surface area contributed by atoms with Gasteiger partial charge in [-0.2, -0.15) is 0 Å². The van der Waals surface area contributed by atoms with Gasteiger partial charge in [0.1, 0.15) is 10.7 Å². The second kappa shape index (κ2) is 8.04. The Kier molecular flexibility index (Phi) is 5.56. The van der Waals surface area contributed by atoms with E-state index in [1.807, 2.05) is 30.3 Å². The molecule has 25 heavy (non-hydrogen) atoms. The highest BCUT2D eigenvalue weighted by Crippen LogP contribution is 2.28. The van der Waals surface area contributed by atoms with E-state index in [0.29, 0.717) is 36.9 Å². The first-order valence-electron chi connectivity index (χ1n) is 7.93. The van der Waals surface area contributed by atoms with E-state index in [1.165, 1.54) is 6.92 Å². The molecule has 1 aliphatic rings. The maximum atomic E-state index is 12.1. The van der Waals surface area contributed by atoms with Gasteiger partial charge in [0.15, 0.2) is 0 Å². The molecule has 1 fully saturated rings. The number of nitrogens with zero attached hydrogens (tertiary/aromatic N) is 3. The molecule has 2 N–H and O–H groups in total. The summed E-state index contributed by atoms with van der Waals surface area (Å²) in [4.78, 5) is 25.3. The summed E-state index contributed by atoms with van der Waals surface area (Å²) in [6, 6.07) is 9.18. The van der Waals surface area contributed by atoms with E-state index in [9.17, 15) is 9.59 Å². The Morgan fingerprint density at radius 2 is 2.16 bits per heavy atom. The summed E-state index contributed by atoms with van der Waals surface area (Å²) in [6.45, 7) is 3.40. The molecule has 1 aromatic carbocycles. The molecule has 2 aromatic rings. The Morgan fingerprint density at radius 1 is 1.36 bits per heavy atom. The molecule has 0 bridgehead atoms. The molecule has 1 atom stereocenters. The van der Waals surface area contributed by atoms with Gasteiger partial charge >= 0.3 is 6.03 Å². The largest absolute Gasteiger partial charge is 0.373 e. The van der Waals surface area contributed by atoms with Gasteiger partial charge in [0.2, 0.25) is 5.91 Å². The first kappa shape index (κ1) is 17.3. The Balaban J connectivity index is 1.54. The lowest BCUT2D eigenvalue weighted by molar-refractivity contribution is -0.136. The van der Waals surface area contributed by atoms with E-state index in [-0.39, 0.29) is 18.0 Å². The van der Waals surface area contributed by atoms with Crippen molar-refractivity contribution in [2.75, 3.05) is 31.6 Å². The first-order valence-corrected chi connectivity index (χ1v) is 8.70. The molecule has 2 heterocycles. The molecule has 0 saturated carbocycles. The zero-order valence-corrected chi connectivity index (χ0v) is 14.6. The minimum atomic E-state index is -0.355. The van der Waals surface area contributed by atoms with Crippen molar-refractivity contribution in [1.82, 2.24) is 19.8 Å². The van der Waals surface area contributed by atoms with Crippen molar-refractivity contribution >= 4 is 28.5 Å². The number of amides is 3. The van der Waals surface area contributed by atoms with Gasteiger partial charge in [-0.25, -0.2) is 4.79 Å². The van der Waals surface area contributed by atoms with E-state index in [1.54, 1.807) is 4.90 Å².